The number of amides is 2. The number of imide groups is 1. The maximum absolute atomic E-state index is 12.8. The van der Waals surface area contributed by atoms with Crippen LogP contribution in [0.5, 0.6) is 5.75 Å². The molecule has 0 bridgehead atoms. The summed E-state index contributed by atoms with van der Waals surface area (Å²) in [7, 11) is -0.303. The average Bonchev–Trinajstić information content (AvgIpc) is 2.88. The summed E-state index contributed by atoms with van der Waals surface area (Å²) in [6, 6.07) is 3.17. The highest BCUT2D eigenvalue weighted by atomic mass is 35.5. The van der Waals surface area contributed by atoms with Crippen molar-refractivity contribution in [2.45, 2.75) is 32.5 Å². The van der Waals surface area contributed by atoms with Crippen LogP contribution in [-0.2, 0) is 9.59 Å². The second-order valence-electron chi connectivity index (χ2n) is 6.67. The molecule has 4 atom stereocenters. The fourth-order valence-electron chi connectivity index (χ4n) is 3.34. The maximum Gasteiger partial charge on any atom is 0.241 e. The van der Waals surface area contributed by atoms with Crippen molar-refractivity contribution < 1.29 is 14.3 Å². The second-order valence-corrected chi connectivity index (χ2v) is 10.4. The molecule has 0 spiro atoms. The number of nitrogens with zero attached hydrogens (tertiary/aromatic N) is 1. The molecule has 0 N–H and O–H groups in total. The van der Waals surface area contributed by atoms with E-state index in [-0.39, 0.29) is 36.5 Å². The van der Waals surface area contributed by atoms with Gasteiger partial charge >= 0.3 is 0 Å². The number of halogens is 2. The summed E-state index contributed by atoms with van der Waals surface area (Å²) in [6.45, 7) is 6.29. The summed E-state index contributed by atoms with van der Waals surface area (Å²) in [5.41, 5.74) is 0.355. The third-order valence-electron chi connectivity index (χ3n) is 5.12. The molecule has 1 aromatic carbocycles. The first-order chi connectivity index (χ1) is 12.3. The number of fused-ring (bicyclic) bond motifs is 1. The molecular weight excluding hydrogens is 392 g/mol. The lowest BCUT2D eigenvalue weighted by Crippen LogP contribution is -2.31. The monoisotopic (exact) mass is 413 g/mol. The predicted molar refractivity (Wildman–Crippen MR) is 108 cm³/mol. The van der Waals surface area contributed by atoms with E-state index in [1.54, 1.807) is 12.1 Å². The van der Waals surface area contributed by atoms with Crippen LogP contribution in [-0.4, -0.2) is 30.5 Å². The summed E-state index contributed by atoms with van der Waals surface area (Å²) < 4.78 is 6.02. The van der Waals surface area contributed by atoms with E-state index in [1.165, 1.54) is 4.90 Å². The average molecular weight is 414 g/mol. The molecule has 1 heterocycles. The van der Waals surface area contributed by atoms with Gasteiger partial charge in [-0.25, -0.2) is 4.90 Å². The summed E-state index contributed by atoms with van der Waals surface area (Å²) in [5, 5.41) is 0.648. The van der Waals surface area contributed by atoms with Crippen LogP contribution in [0.4, 0.5) is 5.69 Å². The molecule has 0 aromatic heterocycles. The van der Waals surface area contributed by atoms with Crippen LogP contribution in [0.25, 0.3) is 0 Å². The van der Waals surface area contributed by atoms with Gasteiger partial charge in [0.15, 0.2) is 0 Å². The van der Waals surface area contributed by atoms with Gasteiger partial charge in [-0.05, 0) is 38.7 Å². The summed E-state index contributed by atoms with van der Waals surface area (Å²) in [5.74, 6) is -0.658. The molecule has 2 aliphatic rings. The number of anilines is 1. The van der Waals surface area contributed by atoms with Crippen LogP contribution in [0, 0.1) is 11.8 Å². The molecule has 2 amide bonds. The third kappa shape index (κ3) is 3.52. The summed E-state index contributed by atoms with van der Waals surface area (Å²) in [4.78, 5) is 26.8. The molecule has 0 saturated carbocycles. The van der Waals surface area contributed by atoms with Crippen LogP contribution in [0.2, 0.25) is 10.0 Å². The van der Waals surface area contributed by atoms with Gasteiger partial charge in [-0.3, -0.25) is 9.59 Å². The SMILES string of the molecule is CCP(C)C(C)Oc1cc(N2C(=O)C3C=CCCC3C2=O)c(Cl)cc1Cl. The highest BCUT2D eigenvalue weighted by Gasteiger charge is 2.48. The van der Waals surface area contributed by atoms with E-state index in [2.05, 4.69) is 13.6 Å². The van der Waals surface area contributed by atoms with E-state index in [0.717, 1.165) is 12.6 Å². The number of hydrogen-bond donors (Lipinski definition) is 0. The molecule has 1 aromatic rings. The topological polar surface area (TPSA) is 46.6 Å². The molecule has 3 rings (SSSR count). The van der Waals surface area contributed by atoms with Crippen molar-refractivity contribution in [1.29, 1.82) is 0 Å². The number of hydrogen-bond acceptors (Lipinski definition) is 3. The Morgan fingerprint density at radius 2 is 2.00 bits per heavy atom. The molecule has 1 fully saturated rings. The molecule has 7 heteroatoms. The fourth-order valence-corrected chi connectivity index (χ4v) is 4.66. The van der Waals surface area contributed by atoms with E-state index >= 15 is 0 Å². The second kappa shape index (κ2) is 7.88. The van der Waals surface area contributed by atoms with E-state index in [1.807, 2.05) is 19.1 Å². The van der Waals surface area contributed by atoms with Gasteiger partial charge in [0.05, 0.1) is 27.6 Å². The van der Waals surface area contributed by atoms with E-state index < -0.39 is 5.92 Å². The Labute approximate surface area is 165 Å². The minimum atomic E-state index is -0.394. The summed E-state index contributed by atoms with van der Waals surface area (Å²) in [6.07, 6.45) is 6.33. The first-order valence-corrected chi connectivity index (χ1v) is 11.6. The molecule has 140 valence electrons. The Morgan fingerprint density at radius 1 is 1.27 bits per heavy atom. The van der Waals surface area contributed by atoms with E-state index in [0.29, 0.717) is 22.9 Å². The van der Waals surface area contributed by atoms with Crippen molar-refractivity contribution in [1.82, 2.24) is 0 Å². The van der Waals surface area contributed by atoms with Crippen LogP contribution in [0.15, 0.2) is 24.3 Å². The number of rotatable bonds is 5. The maximum atomic E-state index is 12.8. The number of carbonyl (C=O) groups excluding carboxylic acids is 2. The Balaban J connectivity index is 1.95. The van der Waals surface area contributed by atoms with Crippen LogP contribution in [0.3, 0.4) is 0 Å². The van der Waals surface area contributed by atoms with E-state index in [4.69, 9.17) is 27.9 Å². The van der Waals surface area contributed by atoms with Crippen molar-refractivity contribution >= 4 is 48.6 Å². The van der Waals surface area contributed by atoms with Gasteiger partial charge in [0, 0.05) is 6.07 Å². The normalized spacial score (nSPS) is 24.6. The van der Waals surface area contributed by atoms with Gasteiger partial charge in [-0.15, -0.1) is 0 Å². The first-order valence-electron chi connectivity index (χ1n) is 8.75. The van der Waals surface area contributed by atoms with Gasteiger partial charge < -0.3 is 4.74 Å². The minimum Gasteiger partial charge on any atom is -0.485 e. The lowest BCUT2D eigenvalue weighted by molar-refractivity contribution is -0.122. The summed E-state index contributed by atoms with van der Waals surface area (Å²) >= 11 is 12.6. The predicted octanol–water partition coefficient (Wildman–Crippen LogP) is 5.31. The largest absolute Gasteiger partial charge is 0.485 e. The first kappa shape index (κ1) is 19.7. The quantitative estimate of drug-likeness (QED) is 0.373. The van der Waals surface area contributed by atoms with Crippen molar-refractivity contribution in [2.24, 2.45) is 11.8 Å². The standard InChI is InChI=1S/C19H22Cl2NO3P/c1-4-26(3)11(2)25-17-10-16(14(20)9-15(17)21)22-18(23)12-7-5-6-8-13(12)19(22)24/h5,7,9-13H,4,6,8H2,1-3H3. The zero-order valence-corrected chi connectivity index (χ0v) is 17.4. The van der Waals surface area contributed by atoms with Crippen molar-refractivity contribution in [3.05, 3.63) is 34.3 Å². The molecule has 26 heavy (non-hydrogen) atoms. The van der Waals surface area contributed by atoms with Crippen LogP contribution < -0.4 is 9.64 Å². The molecule has 0 radical (unpaired) electrons. The van der Waals surface area contributed by atoms with Crippen molar-refractivity contribution in [3.8, 4) is 5.75 Å². The Morgan fingerprint density at radius 3 is 2.65 bits per heavy atom. The fraction of sp³-hybridized carbons (Fsp3) is 0.474. The molecule has 1 aliphatic heterocycles. The smallest absolute Gasteiger partial charge is 0.241 e. The molecular formula is C19H22Cl2NO3P. The highest BCUT2D eigenvalue weighted by Crippen LogP contribution is 2.44. The van der Waals surface area contributed by atoms with Gasteiger partial charge in [-0.2, -0.15) is 0 Å². The molecule has 1 aliphatic carbocycles. The van der Waals surface area contributed by atoms with Crippen molar-refractivity contribution in [3.63, 3.8) is 0 Å². The third-order valence-corrected chi connectivity index (χ3v) is 8.07. The molecule has 4 unspecified atom stereocenters. The lowest BCUT2D eigenvalue weighted by atomic mass is 9.86. The molecule has 4 nitrogen and oxygen atoms in total. The van der Waals surface area contributed by atoms with Crippen LogP contribution >= 0.6 is 31.1 Å². The number of ether oxygens (including phenoxy) is 1. The molecule has 1 saturated heterocycles. The van der Waals surface area contributed by atoms with Crippen LogP contribution in [0.1, 0.15) is 26.7 Å². The Bertz CT molecular complexity index is 767. The minimum absolute atomic E-state index is 0.0111. The lowest BCUT2D eigenvalue weighted by Gasteiger charge is -2.23. The number of benzene rings is 1. The highest BCUT2D eigenvalue weighted by molar-refractivity contribution is 7.57. The zero-order chi connectivity index (χ0) is 19.0. The Kier molecular flexibility index (Phi) is 5.96. The van der Waals surface area contributed by atoms with E-state index in [9.17, 15) is 9.59 Å². The van der Waals surface area contributed by atoms with Crippen molar-refractivity contribution in [2.75, 3.05) is 17.7 Å². The Hall–Kier alpha value is -1.09. The number of carbonyl (C=O) groups is 2. The number of allylic oxidation sites excluding steroid dienone is 1. The van der Waals surface area contributed by atoms with Gasteiger partial charge in [0.1, 0.15) is 11.6 Å². The zero-order valence-electron chi connectivity index (χ0n) is 15.0. The van der Waals surface area contributed by atoms with Gasteiger partial charge in [0.25, 0.3) is 0 Å². The van der Waals surface area contributed by atoms with Gasteiger partial charge in [-0.1, -0.05) is 50.2 Å². The van der Waals surface area contributed by atoms with Gasteiger partial charge in [0.2, 0.25) is 11.8 Å².